The Morgan fingerprint density at radius 1 is 1.36 bits per heavy atom. The molecule has 0 amide bonds. The highest BCUT2D eigenvalue weighted by molar-refractivity contribution is 7.92. The molecule has 0 aliphatic heterocycles. The quantitative estimate of drug-likeness (QED) is 0.517. The number of ether oxygens (including phenoxy) is 1. The fourth-order valence-corrected chi connectivity index (χ4v) is 0.996. The molecular formula is C9H18O4S. The van der Waals surface area contributed by atoms with Crippen molar-refractivity contribution >= 4 is 15.8 Å². The summed E-state index contributed by atoms with van der Waals surface area (Å²) in [7, 11) is -3.41. The molecule has 0 aliphatic rings. The monoisotopic (exact) mass is 222 g/mol. The number of hydrogen-bond donors (Lipinski definition) is 0. The van der Waals surface area contributed by atoms with E-state index in [1.165, 1.54) is 13.8 Å². The van der Waals surface area contributed by atoms with Crippen molar-refractivity contribution in [2.45, 2.75) is 38.4 Å². The van der Waals surface area contributed by atoms with Gasteiger partial charge in [0.2, 0.25) is 0 Å². The lowest BCUT2D eigenvalue weighted by molar-refractivity contribution is -0.145. The molecule has 0 radical (unpaired) electrons. The molecule has 0 N–H and O–H groups in total. The predicted octanol–water partition coefficient (Wildman–Crippen LogP) is 1.15. The van der Waals surface area contributed by atoms with E-state index in [-0.39, 0.29) is 6.61 Å². The molecule has 0 fully saturated rings. The molecular weight excluding hydrogens is 204 g/mol. The first-order chi connectivity index (χ1) is 6.23. The van der Waals surface area contributed by atoms with Crippen LogP contribution in [0.25, 0.3) is 0 Å². The van der Waals surface area contributed by atoms with Crippen molar-refractivity contribution in [2.24, 2.45) is 0 Å². The van der Waals surface area contributed by atoms with Gasteiger partial charge in [-0.3, -0.25) is 4.79 Å². The number of rotatable bonds is 5. The molecule has 84 valence electrons. The zero-order valence-electron chi connectivity index (χ0n) is 9.16. The van der Waals surface area contributed by atoms with Crippen LogP contribution in [0.4, 0.5) is 0 Å². The largest absolute Gasteiger partial charge is 0.465 e. The van der Waals surface area contributed by atoms with Gasteiger partial charge in [-0.05, 0) is 20.3 Å². The van der Waals surface area contributed by atoms with Gasteiger partial charge in [0.15, 0.2) is 14.6 Å². The summed E-state index contributed by atoms with van der Waals surface area (Å²) in [6, 6.07) is 0. The topological polar surface area (TPSA) is 60.4 Å². The van der Waals surface area contributed by atoms with Crippen molar-refractivity contribution in [3.63, 3.8) is 0 Å². The van der Waals surface area contributed by atoms with Crippen LogP contribution in [0.5, 0.6) is 0 Å². The third-order valence-corrected chi connectivity index (χ3v) is 4.17. The van der Waals surface area contributed by atoms with Crippen LogP contribution in [0.2, 0.25) is 0 Å². The Balaban J connectivity index is 4.39. The summed E-state index contributed by atoms with van der Waals surface area (Å²) in [4.78, 5) is 11.4. The van der Waals surface area contributed by atoms with Crippen LogP contribution in [-0.2, 0) is 19.4 Å². The third-order valence-electron chi connectivity index (χ3n) is 2.15. The number of sulfone groups is 1. The van der Waals surface area contributed by atoms with Crippen LogP contribution in [0, 0.1) is 0 Å². The summed E-state index contributed by atoms with van der Waals surface area (Å²) >= 11 is 0. The van der Waals surface area contributed by atoms with Gasteiger partial charge in [0.05, 0.1) is 6.61 Å². The molecule has 0 saturated carbocycles. The maximum absolute atomic E-state index is 11.4. The SMILES string of the molecule is CCCCOC(=O)C(C)(C)S(C)(=O)=O. The van der Waals surface area contributed by atoms with Gasteiger partial charge in [0, 0.05) is 6.26 Å². The van der Waals surface area contributed by atoms with Crippen molar-refractivity contribution < 1.29 is 17.9 Å². The maximum atomic E-state index is 11.4. The lowest BCUT2D eigenvalue weighted by Gasteiger charge is -2.20. The van der Waals surface area contributed by atoms with E-state index in [2.05, 4.69) is 0 Å². The van der Waals surface area contributed by atoms with Crippen molar-refractivity contribution in [1.29, 1.82) is 0 Å². The Kier molecular flexibility index (Phi) is 4.58. The molecule has 5 heteroatoms. The molecule has 14 heavy (non-hydrogen) atoms. The van der Waals surface area contributed by atoms with E-state index in [4.69, 9.17) is 4.74 Å². The minimum atomic E-state index is -3.41. The summed E-state index contributed by atoms with van der Waals surface area (Å²) in [6.07, 6.45) is 2.70. The van der Waals surface area contributed by atoms with Gasteiger partial charge in [0.1, 0.15) is 0 Å². The van der Waals surface area contributed by atoms with E-state index < -0.39 is 20.6 Å². The summed E-state index contributed by atoms with van der Waals surface area (Å²) in [5.74, 6) is -0.673. The van der Waals surface area contributed by atoms with Gasteiger partial charge in [-0.2, -0.15) is 0 Å². The average molecular weight is 222 g/mol. The van der Waals surface area contributed by atoms with E-state index in [1.807, 2.05) is 6.92 Å². The first-order valence-corrected chi connectivity index (χ1v) is 6.49. The van der Waals surface area contributed by atoms with E-state index in [1.54, 1.807) is 0 Å². The van der Waals surface area contributed by atoms with Crippen LogP contribution in [0.3, 0.4) is 0 Å². The lowest BCUT2D eigenvalue weighted by atomic mass is 10.2. The molecule has 0 unspecified atom stereocenters. The highest BCUT2D eigenvalue weighted by Crippen LogP contribution is 2.17. The van der Waals surface area contributed by atoms with Crippen LogP contribution < -0.4 is 0 Å². The smallest absolute Gasteiger partial charge is 0.326 e. The summed E-state index contributed by atoms with van der Waals surface area (Å²) in [5, 5.41) is 0. The van der Waals surface area contributed by atoms with Gasteiger partial charge in [0.25, 0.3) is 0 Å². The second-order valence-electron chi connectivity index (χ2n) is 3.77. The van der Waals surface area contributed by atoms with Gasteiger partial charge in [-0.1, -0.05) is 13.3 Å². The Morgan fingerprint density at radius 3 is 2.21 bits per heavy atom. The standard InChI is InChI=1S/C9H18O4S/c1-5-6-7-13-8(10)9(2,3)14(4,11)12/h5-7H2,1-4H3. The first kappa shape index (κ1) is 13.4. The second-order valence-corrected chi connectivity index (χ2v) is 6.34. The Labute approximate surface area is 85.6 Å². The van der Waals surface area contributed by atoms with Gasteiger partial charge in [-0.15, -0.1) is 0 Å². The van der Waals surface area contributed by atoms with Gasteiger partial charge < -0.3 is 4.74 Å². The lowest BCUT2D eigenvalue weighted by Crippen LogP contribution is -2.41. The number of carbonyl (C=O) groups excluding carboxylic acids is 1. The van der Waals surface area contributed by atoms with E-state index in [0.717, 1.165) is 19.1 Å². The summed E-state index contributed by atoms with van der Waals surface area (Å²) < 4.78 is 25.9. The van der Waals surface area contributed by atoms with Crippen molar-refractivity contribution in [2.75, 3.05) is 12.9 Å². The fraction of sp³-hybridized carbons (Fsp3) is 0.889. The van der Waals surface area contributed by atoms with Gasteiger partial charge >= 0.3 is 5.97 Å². The molecule has 0 aromatic heterocycles. The second kappa shape index (κ2) is 4.77. The van der Waals surface area contributed by atoms with E-state index in [9.17, 15) is 13.2 Å². The summed E-state index contributed by atoms with van der Waals surface area (Å²) in [5.41, 5.74) is 0. The Bertz CT molecular complexity index is 290. The fourth-order valence-electron chi connectivity index (χ4n) is 0.634. The molecule has 0 aromatic rings. The number of carbonyl (C=O) groups is 1. The maximum Gasteiger partial charge on any atom is 0.326 e. The highest BCUT2D eigenvalue weighted by Gasteiger charge is 2.39. The molecule has 0 heterocycles. The molecule has 0 aliphatic carbocycles. The Hall–Kier alpha value is -0.580. The minimum absolute atomic E-state index is 0.286. The van der Waals surface area contributed by atoms with Crippen molar-refractivity contribution in [3.8, 4) is 0 Å². The first-order valence-electron chi connectivity index (χ1n) is 4.60. The van der Waals surface area contributed by atoms with Crippen molar-refractivity contribution in [3.05, 3.63) is 0 Å². The number of unbranched alkanes of at least 4 members (excludes halogenated alkanes) is 1. The van der Waals surface area contributed by atoms with Crippen LogP contribution >= 0.6 is 0 Å². The van der Waals surface area contributed by atoms with Crippen LogP contribution in [0.15, 0.2) is 0 Å². The normalized spacial score (nSPS) is 12.6. The number of hydrogen-bond acceptors (Lipinski definition) is 4. The van der Waals surface area contributed by atoms with Crippen molar-refractivity contribution in [1.82, 2.24) is 0 Å². The van der Waals surface area contributed by atoms with Crippen LogP contribution in [-0.4, -0.2) is 32.0 Å². The van der Waals surface area contributed by atoms with Crippen LogP contribution in [0.1, 0.15) is 33.6 Å². The minimum Gasteiger partial charge on any atom is -0.465 e. The molecule has 0 aromatic carbocycles. The zero-order valence-corrected chi connectivity index (χ0v) is 9.98. The molecule has 0 atom stereocenters. The molecule has 0 rings (SSSR count). The molecule has 0 spiro atoms. The number of esters is 1. The summed E-state index contributed by atoms with van der Waals surface area (Å²) in [6.45, 7) is 4.97. The third kappa shape index (κ3) is 3.29. The highest BCUT2D eigenvalue weighted by atomic mass is 32.2. The molecule has 0 bridgehead atoms. The predicted molar refractivity (Wildman–Crippen MR) is 54.8 cm³/mol. The van der Waals surface area contributed by atoms with Gasteiger partial charge in [-0.25, -0.2) is 8.42 Å². The Morgan fingerprint density at radius 2 is 1.86 bits per heavy atom. The molecule has 0 saturated heterocycles. The zero-order chi connectivity index (χ0) is 11.4. The van der Waals surface area contributed by atoms with E-state index in [0.29, 0.717) is 0 Å². The van der Waals surface area contributed by atoms with E-state index >= 15 is 0 Å². The average Bonchev–Trinajstić information content (AvgIpc) is 2.02. The molecule has 4 nitrogen and oxygen atoms in total.